The fraction of sp³-hybridized carbons (Fsp3) is 0.594. The highest BCUT2D eigenvalue weighted by Gasteiger charge is 2.61. The molecule has 4 N–H and O–H groups in total. The first-order chi connectivity index (χ1) is 22.8. The van der Waals surface area contributed by atoms with Gasteiger partial charge in [-0.15, -0.1) is 10.2 Å². The minimum atomic E-state index is -1.46. The van der Waals surface area contributed by atoms with E-state index in [1.807, 2.05) is 12.2 Å². The van der Waals surface area contributed by atoms with Gasteiger partial charge in [0.15, 0.2) is 0 Å². The summed E-state index contributed by atoms with van der Waals surface area (Å²) in [6.45, 7) is 5.09. The van der Waals surface area contributed by atoms with E-state index >= 15 is 0 Å². The van der Waals surface area contributed by atoms with E-state index in [0.29, 0.717) is 24.2 Å². The molecule has 1 aromatic carbocycles. The molecule has 0 spiro atoms. The van der Waals surface area contributed by atoms with Gasteiger partial charge < -0.3 is 35.2 Å². The smallest absolute Gasteiger partial charge is 0.408 e. The number of benzene rings is 1. The summed E-state index contributed by atoms with van der Waals surface area (Å²) >= 11 is 6.34. The average Bonchev–Trinajstić information content (AvgIpc) is 3.32. The molecule has 1 saturated heterocycles. The number of carboxylic acid groups (broad SMARTS) is 1. The number of amides is 3. The molecule has 2 fully saturated rings. The lowest BCUT2D eigenvalue weighted by atomic mass is 10.0. The number of aliphatic hydroxyl groups excluding tert-OH is 1. The van der Waals surface area contributed by atoms with Gasteiger partial charge in [-0.3, -0.25) is 9.59 Å². The topological polar surface area (TPSA) is 198 Å². The average molecular weight is 688 g/mol. The first-order valence-electron chi connectivity index (χ1n) is 16.2. The fourth-order valence-electron chi connectivity index (χ4n) is 6.10. The number of aliphatic hydroxyl groups is 1. The number of hydrogen-bond acceptors (Lipinski definition) is 10. The molecular formula is C32H42ClN7O8. The summed E-state index contributed by atoms with van der Waals surface area (Å²) in [5.74, 6) is -1.97. The summed E-state index contributed by atoms with van der Waals surface area (Å²) in [4.78, 5) is 56.0. The van der Waals surface area contributed by atoms with Crippen molar-refractivity contribution in [2.75, 3.05) is 19.8 Å². The lowest BCUT2D eigenvalue weighted by molar-refractivity contribution is -0.145. The third-order valence-corrected chi connectivity index (χ3v) is 8.92. The molecule has 48 heavy (non-hydrogen) atoms. The first-order valence-corrected chi connectivity index (χ1v) is 16.5. The Morgan fingerprint density at radius 3 is 2.71 bits per heavy atom. The summed E-state index contributed by atoms with van der Waals surface area (Å²) in [7, 11) is 0. The van der Waals surface area contributed by atoms with Crippen LogP contribution in [0.2, 0.25) is 5.02 Å². The second-order valence-electron chi connectivity index (χ2n) is 13.4. The number of tetrazole rings is 1. The van der Waals surface area contributed by atoms with Gasteiger partial charge in [0.25, 0.3) is 0 Å². The lowest BCUT2D eigenvalue weighted by Crippen LogP contribution is -2.56. The summed E-state index contributed by atoms with van der Waals surface area (Å²) in [5.41, 5.74) is -1.71. The molecule has 16 heteroatoms. The van der Waals surface area contributed by atoms with Crippen LogP contribution in [0.3, 0.4) is 0 Å². The van der Waals surface area contributed by atoms with Crippen LogP contribution in [0.4, 0.5) is 4.79 Å². The molecule has 260 valence electrons. The van der Waals surface area contributed by atoms with E-state index in [1.165, 1.54) is 9.70 Å². The van der Waals surface area contributed by atoms with Gasteiger partial charge in [0.05, 0.1) is 17.7 Å². The summed E-state index contributed by atoms with van der Waals surface area (Å²) in [6.07, 6.45) is 6.66. The normalized spacial score (nSPS) is 27.1. The van der Waals surface area contributed by atoms with Gasteiger partial charge in [0.1, 0.15) is 35.6 Å². The first kappa shape index (κ1) is 35.1. The Labute approximate surface area is 283 Å². The number of carbonyl (C=O) groups excluding carboxylic acids is 3. The van der Waals surface area contributed by atoms with Crippen LogP contribution in [0.15, 0.2) is 30.4 Å². The van der Waals surface area contributed by atoms with Crippen molar-refractivity contribution >= 4 is 35.5 Å². The highest BCUT2D eigenvalue weighted by atomic mass is 35.5. The van der Waals surface area contributed by atoms with Gasteiger partial charge in [-0.05, 0) is 69.9 Å². The van der Waals surface area contributed by atoms with Gasteiger partial charge in [0, 0.05) is 24.4 Å². The largest absolute Gasteiger partial charge is 0.490 e. The highest BCUT2D eigenvalue weighted by molar-refractivity contribution is 6.32. The number of fused-ring (bicyclic) bond motifs is 2. The van der Waals surface area contributed by atoms with Crippen LogP contribution < -0.4 is 15.4 Å². The molecule has 3 heterocycles. The molecule has 5 atom stereocenters. The van der Waals surface area contributed by atoms with E-state index < -0.39 is 53.1 Å². The van der Waals surface area contributed by atoms with Crippen molar-refractivity contribution < 1.29 is 38.9 Å². The van der Waals surface area contributed by atoms with Crippen LogP contribution in [-0.4, -0.2) is 102 Å². The van der Waals surface area contributed by atoms with Gasteiger partial charge in [0.2, 0.25) is 17.6 Å². The number of nitrogens with one attached hydrogen (secondary N) is 2. The van der Waals surface area contributed by atoms with E-state index in [-0.39, 0.29) is 49.4 Å². The van der Waals surface area contributed by atoms with Crippen molar-refractivity contribution in [1.82, 2.24) is 35.7 Å². The van der Waals surface area contributed by atoms with Crippen molar-refractivity contribution in [3.8, 4) is 17.1 Å². The van der Waals surface area contributed by atoms with Crippen LogP contribution in [0.5, 0.6) is 5.75 Å². The number of alkyl carbamates (subject to hydrolysis) is 1. The zero-order chi connectivity index (χ0) is 34.6. The fourth-order valence-corrected chi connectivity index (χ4v) is 6.34. The Morgan fingerprint density at radius 1 is 1.21 bits per heavy atom. The van der Waals surface area contributed by atoms with Crippen LogP contribution in [0.1, 0.15) is 71.8 Å². The predicted octanol–water partition coefficient (Wildman–Crippen LogP) is 2.88. The van der Waals surface area contributed by atoms with Crippen molar-refractivity contribution in [2.24, 2.45) is 5.92 Å². The van der Waals surface area contributed by atoms with Crippen molar-refractivity contribution in [2.45, 2.75) is 95.0 Å². The zero-order valence-electron chi connectivity index (χ0n) is 27.2. The minimum absolute atomic E-state index is 0.0112. The van der Waals surface area contributed by atoms with E-state index in [1.54, 1.807) is 39.0 Å². The minimum Gasteiger partial charge on any atom is -0.490 e. The third kappa shape index (κ3) is 8.06. The van der Waals surface area contributed by atoms with Crippen LogP contribution in [-0.2, 0) is 19.1 Å². The molecule has 3 aliphatic rings. The number of carbonyl (C=O) groups is 4. The number of allylic oxidation sites excluding steroid dienone is 1. The maximum absolute atomic E-state index is 14.2. The molecule has 2 aliphatic heterocycles. The Bertz CT molecular complexity index is 1560. The Balaban J connectivity index is 1.42. The number of nitrogens with zero attached hydrogens (tertiary/aromatic N) is 5. The van der Waals surface area contributed by atoms with E-state index in [2.05, 4.69) is 26.0 Å². The standard InChI is InChI=1S/C32H42ClN7O8/c1-31(2,3)48-30(46)34-23-10-8-6-4-5-7-9-20-17-32(20,29(44)45)35-27(42)24-16-21(18-39(24)28(23)43)40-37-26(36-38-40)19-11-12-25(22(33)15-19)47-14-13-41/h7,9,11-12,15,20-21,23-24,41H,4-6,8,10,13-14,16-18H2,1-3H3,(H,34,46)(H,35,42)(H,44,45)/b9-7-/t20-,21-,23+,24+,32-/m1/s1. The van der Waals surface area contributed by atoms with Crippen LogP contribution in [0.25, 0.3) is 11.4 Å². The van der Waals surface area contributed by atoms with Gasteiger partial charge in [-0.1, -0.05) is 36.6 Å². The molecule has 0 radical (unpaired) electrons. The number of hydrogen-bond donors (Lipinski definition) is 4. The van der Waals surface area contributed by atoms with E-state index in [4.69, 9.17) is 26.2 Å². The molecule has 1 aromatic heterocycles. The summed E-state index contributed by atoms with van der Waals surface area (Å²) in [5, 5.41) is 37.8. The van der Waals surface area contributed by atoms with E-state index in [9.17, 15) is 24.3 Å². The third-order valence-electron chi connectivity index (χ3n) is 8.62. The van der Waals surface area contributed by atoms with Crippen LogP contribution >= 0.6 is 11.6 Å². The SMILES string of the molecule is CC(C)(C)OC(=O)N[C@H]1CCCCC/C=C\[C@@H]2C[C@@]2(C(=O)O)NC(=O)[C@@H]2C[C@@H](n3nnc(-c4ccc(OCCO)c(Cl)c4)n3)CN2C1=O. The van der Waals surface area contributed by atoms with Gasteiger partial charge >= 0.3 is 12.1 Å². The van der Waals surface area contributed by atoms with Crippen LogP contribution in [0, 0.1) is 5.92 Å². The molecule has 0 bridgehead atoms. The Morgan fingerprint density at radius 2 is 2.00 bits per heavy atom. The van der Waals surface area contributed by atoms with Crippen molar-refractivity contribution in [3.63, 3.8) is 0 Å². The van der Waals surface area contributed by atoms with Gasteiger partial charge in [-0.2, -0.15) is 4.80 Å². The molecule has 0 unspecified atom stereocenters. The molecular weight excluding hydrogens is 646 g/mol. The number of ether oxygens (including phenoxy) is 2. The van der Waals surface area contributed by atoms with Crippen molar-refractivity contribution in [1.29, 1.82) is 0 Å². The number of rotatable bonds is 7. The highest BCUT2D eigenvalue weighted by Crippen LogP contribution is 2.45. The number of aromatic nitrogens is 4. The molecule has 1 aliphatic carbocycles. The second kappa shape index (κ2) is 14.5. The monoisotopic (exact) mass is 687 g/mol. The molecule has 3 amide bonds. The predicted molar refractivity (Wildman–Crippen MR) is 172 cm³/mol. The lowest BCUT2D eigenvalue weighted by Gasteiger charge is -2.30. The quantitative estimate of drug-likeness (QED) is 0.312. The molecule has 2 aromatic rings. The Kier molecular flexibility index (Phi) is 10.6. The van der Waals surface area contributed by atoms with Crippen molar-refractivity contribution in [3.05, 3.63) is 35.4 Å². The summed E-state index contributed by atoms with van der Waals surface area (Å²) < 4.78 is 10.8. The summed E-state index contributed by atoms with van der Waals surface area (Å²) in [6, 6.07) is 2.27. The maximum atomic E-state index is 14.2. The molecule has 15 nitrogen and oxygen atoms in total. The maximum Gasteiger partial charge on any atom is 0.408 e. The number of aliphatic carboxylic acids is 1. The molecule has 1 saturated carbocycles. The number of carboxylic acids is 1. The van der Waals surface area contributed by atoms with Gasteiger partial charge in [-0.25, -0.2) is 9.59 Å². The van der Waals surface area contributed by atoms with E-state index in [0.717, 1.165) is 19.3 Å². The molecule has 5 rings (SSSR count). The second-order valence-corrected chi connectivity index (χ2v) is 13.8. The number of halogens is 1. The zero-order valence-corrected chi connectivity index (χ0v) is 28.0. The Hall–Kier alpha value is -4.24.